The fraction of sp³-hybridized carbons (Fsp3) is 0.500. The van der Waals surface area contributed by atoms with Crippen molar-refractivity contribution in [1.29, 1.82) is 0 Å². The first-order chi connectivity index (χ1) is 9.00. The highest BCUT2D eigenvalue weighted by Gasteiger charge is 2.28. The summed E-state index contributed by atoms with van der Waals surface area (Å²) in [6.07, 6.45) is 0. The van der Waals surface area contributed by atoms with E-state index in [-0.39, 0.29) is 0 Å². The lowest BCUT2D eigenvalue weighted by molar-refractivity contribution is 0.0705. The van der Waals surface area contributed by atoms with Gasteiger partial charge in [0.15, 0.2) is 0 Å². The van der Waals surface area contributed by atoms with Gasteiger partial charge in [0.2, 0.25) is 0 Å². The van der Waals surface area contributed by atoms with Crippen molar-refractivity contribution in [3.8, 4) is 0 Å². The minimum Gasteiger partial charge on any atom is -0.399 e. The van der Waals surface area contributed by atoms with Gasteiger partial charge in [-0.05, 0) is 17.7 Å². The summed E-state index contributed by atoms with van der Waals surface area (Å²) in [5.74, 6) is 0. The number of hydrogen-bond acceptors (Lipinski definition) is 4. The minimum atomic E-state index is -3.43. The average Bonchev–Trinajstić information content (AvgIpc) is 2.39. The SMILES string of the molecule is CN(Cc1cccc(N)c1)S(=O)(=O)N1CCOCC1. The Morgan fingerprint density at radius 3 is 2.68 bits per heavy atom. The van der Waals surface area contributed by atoms with Gasteiger partial charge in [0.1, 0.15) is 0 Å². The summed E-state index contributed by atoms with van der Waals surface area (Å²) in [5, 5.41) is 0. The zero-order valence-electron chi connectivity index (χ0n) is 10.9. The van der Waals surface area contributed by atoms with Gasteiger partial charge < -0.3 is 10.5 Å². The van der Waals surface area contributed by atoms with Crippen LogP contribution in [0, 0.1) is 0 Å². The van der Waals surface area contributed by atoms with Gasteiger partial charge in [-0.25, -0.2) is 0 Å². The van der Waals surface area contributed by atoms with Crippen LogP contribution in [0.1, 0.15) is 5.56 Å². The van der Waals surface area contributed by atoms with Crippen LogP contribution in [0.15, 0.2) is 24.3 Å². The maximum Gasteiger partial charge on any atom is 0.282 e. The van der Waals surface area contributed by atoms with Crippen molar-refractivity contribution in [3.63, 3.8) is 0 Å². The molecule has 0 unspecified atom stereocenters. The molecule has 1 aliphatic heterocycles. The molecule has 106 valence electrons. The number of anilines is 1. The molecule has 0 atom stereocenters. The number of nitrogen functional groups attached to an aromatic ring is 1. The van der Waals surface area contributed by atoms with E-state index in [4.69, 9.17) is 10.5 Å². The topological polar surface area (TPSA) is 75.9 Å². The summed E-state index contributed by atoms with van der Waals surface area (Å²) in [5.41, 5.74) is 7.20. The van der Waals surface area contributed by atoms with Crippen LogP contribution in [0.25, 0.3) is 0 Å². The van der Waals surface area contributed by atoms with Crippen LogP contribution in [-0.2, 0) is 21.5 Å². The normalized spacial score (nSPS) is 17.8. The van der Waals surface area contributed by atoms with E-state index < -0.39 is 10.2 Å². The predicted molar refractivity (Wildman–Crippen MR) is 73.6 cm³/mol. The van der Waals surface area contributed by atoms with Gasteiger partial charge in [-0.3, -0.25) is 0 Å². The molecule has 7 heteroatoms. The predicted octanol–water partition coefficient (Wildman–Crippen LogP) is 0.278. The fourth-order valence-electron chi connectivity index (χ4n) is 2.00. The Hall–Kier alpha value is -1.15. The molecule has 19 heavy (non-hydrogen) atoms. The summed E-state index contributed by atoms with van der Waals surface area (Å²) in [6.45, 7) is 2.02. The molecular formula is C12H19N3O3S. The van der Waals surface area contributed by atoms with E-state index in [0.717, 1.165) is 5.56 Å². The van der Waals surface area contributed by atoms with Crippen LogP contribution in [0.3, 0.4) is 0 Å². The van der Waals surface area contributed by atoms with E-state index in [0.29, 0.717) is 38.5 Å². The molecule has 1 aromatic carbocycles. The summed E-state index contributed by atoms with van der Waals surface area (Å²) < 4.78 is 32.6. The van der Waals surface area contributed by atoms with Crippen LogP contribution in [0.5, 0.6) is 0 Å². The van der Waals surface area contributed by atoms with Crippen LogP contribution < -0.4 is 5.73 Å². The first-order valence-corrected chi connectivity index (χ1v) is 7.53. The Labute approximate surface area is 113 Å². The zero-order chi connectivity index (χ0) is 13.9. The molecule has 0 saturated carbocycles. The largest absolute Gasteiger partial charge is 0.399 e. The third kappa shape index (κ3) is 3.44. The van der Waals surface area contributed by atoms with Crippen LogP contribution >= 0.6 is 0 Å². The maximum absolute atomic E-state index is 12.3. The molecule has 0 spiro atoms. The van der Waals surface area contributed by atoms with Gasteiger partial charge in [0, 0.05) is 32.4 Å². The van der Waals surface area contributed by atoms with E-state index in [1.54, 1.807) is 19.2 Å². The lowest BCUT2D eigenvalue weighted by Crippen LogP contribution is -2.47. The van der Waals surface area contributed by atoms with Crippen molar-refractivity contribution in [3.05, 3.63) is 29.8 Å². The van der Waals surface area contributed by atoms with Crippen molar-refractivity contribution in [2.45, 2.75) is 6.54 Å². The molecule has 0 aliphatic carbocycles. The highest BCUT2D eigenvalue weighted by molar-refractivity contribution is 7.86. The first kappa shape index (κ1) is 14.3. The summed E-state index contributed by atoms with van der Waals surface area (Å²) >= 11 is 0. The number of ether oxygens (including phenoxy) is 1. The van der Waals surface area contributed by atoms with E-state index in [2.05, 4.69) is 0 Å². The smallest absolute Gasteiger partial charge is 0.282 e. The van der Waals surface area contributed by atoms with Gasteiger partial charge in [-0.15, -0.1) is 0 Å². The van der Waals surface area contributed by atoms with Crippen molar-refractivity contribution >= 4 is 15.9 Å². The molecule has 1 aromatic rings. The van der Waals surface area contributed by atoms with Crippen molar-refractivity contribution in [2.75, 3.05) is 39.1 Å². The van der Waals surface area contributed by atoms with Crippen LogP contribution in [0.4, 0.5) is 5.69 Å². The average molecular weight is 285 g/mol. The Morgan fingerprint density at radius 2 is 2.05 bits per heavy atom. The lowest BCUT2D eigenvalue weighted by Gasteiger charge is -2.30. The molecule has 0 aromatic heterocycles. The standard InChI is InChI=1S/C12H19N3O3S/c1-14(10-11-3-2-4-12(13)9-11)19(16,17)15-5-7-18-8-6-15/h2-4,9H,5-8,10,13H2,1H3. The molecule has 1 heterocycles. The lowest BCUT2D eigenvalue weighted by atomic mass is 10.2. The molecular weight excluding hydrogens is 266 g/mol. The molecule has 0 bridgehead atoms. The molecule has 1 aliphatic rings. The summed E-state index contributed by atoms with van der Waals surface area (Å²) in [4.78, 5) is 0. The number of rotatable bonds is 4. The second-order valence-electron chi connectivity index (χ2n) is 4.52. The number of nitrogens with two attached hydrogens (primary N) is 1. The molecule has 6 nitrogen and oxygen atoms in total. The van der Waals surface area contributed by atoms with E-state index in [9.17, 15) is 8.42 Å². The van der Waals surface area contributed by atoms with Crippen LogP contribution in [-0.4, -0.2) is 50.4 Å². The van der Waals surface area contributed by atoms with Gasteiger partial charge in [0.25, 0.3) is 10.2 Å². The molecule has 2 N–H and O–H groups in total. The molecule has 1 fully saturated rings. The van der Waals surface area contributed by atoms with Crippen LogP contribution in [0.2, 0.25) is 0 Å². The Morgan fingerprint density at radius 1 is 1.37 bits per heavy atom. The molecule has 0 radical (unpaired) electrons. The number of nitrogens with zero attached hydrogens (tertiary/aromatic N) is 2. The highest BCUT2D eigenvalue weighted by Crippen LogP contribution is 2.14. The van der Waals surface area contributed by atoms with Gasteiger partial charge >= 0.3 is 0 Å². The molecule has 0 amide bonds. The van der Waals surface area contributed by atoms with Crippen molar-refractivity contribution in [1.82, 2.24) is 8.61 Å². The summed E-state index contributed by atoms with van der Waals surface area (Å²) in [6, 6.07) is 7.24. The second kappa shape index (κ2) is 5.87. The second-order valence-corrected chi connectivity index (χ2v) is 6.56. The number of morpholine rings is 1. The Balaban J connectivity index is 2.07. The van der Waals surface area contributed by atoms with E-state index >= 15 is 0 Å². The van der Waals surface area contributed by atoms with Gasteiger partial charge in [-0.2, -0.15) is 17.0 Å². The summed E-state index contributed by atoms with van der Waals surface area (Å²) in [7, 11) is -1.85. The quantitative estimate of drug-likeness (QED) is 0.806. The number of benzene rings is 1. The van der Waals surface area contributed by atoms with E-state index in [1.165, 1.54) is 8.61 Å². The maximum atomic E-state index is 12.3. The zero-order valence-corrected chi connectivity index (χ0v) is 11.8. The third-order valence-electron chi connectivity index (χ3n) is 3.05. The third-order valence-corrected chi connectivity index (χ3v) is 4.98. The molecule has 2 rings (SSSR count). The number of hydrogen-bond donors (Lipinski definition) is 1. The Kier molecular flexibility index (Phi) is 4.41. The minimum absolute atomic E-state index is 0.310. The highest BCUT2D eigenvalue weighted by atomic mass is 32.2. The van der Waals surface area contributed by atoms with Gasteiger partial charge in [-0.1, -0.05) is 12.1 Å². The fourth-order valence-corrected chi connectivity index (χ4v) is 3.32. The van der Waals surface area contributed by atoms with E-state index in [1.807, 2.05) is 12.1 Å². The Bertz CT molecular complexity index is 527. The molecule has 1 saturated heterocycles. The first-order valence-electron chi connectivity index (χ1n) is 6.14. The van der Waals surface area contributed by atoms with Crippen molar-refractivity contribution < 1.29 is 13.2 Å². The van der Waals surface area contributed by atoms with Crippen molar-refractivity contribution in [2.24, 2.45) is 0 Å². The monoisotopic (exact) mass is 285 g/mol. The van der Waals surface area contributed by atoms with Gasteiger partial charge in [0.05, 0.1) is 13.2 Å².